The summed E-state index contributed by atoms with van der Waals surface area (Å²) in [6, 6.07) is 3.60. The smallest absolute Gasteiger partial charge is 0.227 e. The van der Waals surface area contributed by atoms with Crippen LogP contribution in [0.2, 0.25) is 0 Å². The minimum atomic E-state index is -0.947. The van der Waals surface area contributed by atoms with Gasteiger partial charge in [-0.05, 0) is 57.7 Å². The van der Waals surface area contributed by atoms with Gasteiger partial charge in [-0.25, -0.2) is 0 Å². The molecule has 5 nitrogen and oxygen atoms in total. The Morgan fingerprint density at radius 1 is 1.25 bits per heavy atom. The number of aliphatic hydroxyl groups is 1. The second-order valence-electron chi connectivity index (χ2n) is 8.09. The molecular formula is C23H25NO4. The molecule has 1 fully saturated rings. The summed E-state index contributed by atoms with van der Waals surface area (Å²) >= 11 is 0. The van der Waals surface area contributed by atoms with E-state index in [1.54, 1.807) is 24.8 Å². The number of aliphatic hydroxyl groups excluding tert-OH is 1. The lowest BCUT2D eigenvalue weighted by Crippen LogP contribution is -2.39. The number of ketones is 1. The molecule has 0 unspecified atom stereocenters. The van der Waals surface area contributed by atoms with Crippen molar-refractivity contribution in [3.63, 3.8) is 0 Å². The van der Waals surface area contributed by atoms with Crippen molar-refractivity contribution in [3.8, 4) is 5.75 Å². The van der Waals surface area contributed by atoms with E-state index in [4.69, 9.17) is 4.74 Å². The Morgan fingerprint density at radius 3 is 2.68 bits per heavy atom. The van der Waals surface area contributed by atoms with Crippen LogP contribution in [0.5, 0.6) is 5.75 Å². The van der Waals surface area contributed by atoms with Crippen molar-refractivity contribution in [3.05, 3.63) is 58.4 Å². The average Bonchev–Trinajstić information content (AvgIpc) is 3.08. The van der Waals surface area contributed by atoms with Crippen LogP contribution in [-0.4, -0.2) is 33.8 Å². The van der Waals surface area contributed by atoms with Crippen LogP contribution in [0, 0.1) is 6.92 Å². The third kappa shape index (κ3) is 2.95. The average molecular weight is 379 g/mol. The molecule has 1 saturated heterocycles. The summed E-state index contributed by atoms with van der Waals surface area (Å²) in [6.45, 7) is 5.99. The van der Waals surface area contributed by atoms with E-state index in [-0.39, 0.29) is 17.4 Å². The molecule has 1 aliphatic carbocycles. The topological polar surface area (TPSA) is 66.8 Å². The molecule has 0 aromatic heterocycles. The van der Waals surface area contributed by atoms with Gasteiger partial charge < -0.3 is 14.7 Å². The van der Waals surface area contributed by atoms with Crippen molar-refractivity contribution in [2.45, 2.75) is 52.1 Å². The number of fused-ring (bicyclic) bond motifs is 1. The molecule has 0 spiro atoms. The zero-order valence-electron chi connectivity index (χ0n) is 16.5. The number of benzene rings is 1. The summed E-state index contributed by atoms with van der Waals surface area (Å²) < 4.78 is 6.03. The number of rotatable bonds is 3. The molecule has 0 atom stereocenters. The summed E-state index contributed by atoms with van der Waals surface area (Å²) in [5.41, 5.74) is 2.18. The Bertz CT molecular complexity index is 965. The predicted molar refractivity (Wildman–Crippen MR) is 107 cm³/mol. The Balaban J connectivity index is 1.86. The maximum atomic E-state index is 13.1. The summed E-state index contributed by atoms with van der Waals surface area (Å²) in [5.74, 6) is 0.540. The van der Waals surface area contributed by atoms with Crippen LogP contribution in [-0.2, 0) is 4.79 Å². The number of amides is 1. The Kier molecular flexibility index (Phi) is 4.41. The molecular weight excluding hydrogens is 354 g/mol. The van der Waals surface area contributed by atoms with Crippen LogP contribution in [0.3, 0.4) is 0 Å². The maximum Gasteiger partial charge on any atom is 0.227 e. The predicted octanol–water partition coefficient (Wildman–Crippen LogP) is 4.47. The van der Waals surface area contributed by atoms with E-state index in [1.807, 2.05) is 31.2 Å². The first-order chi connectivity index (χ1) is 13.3. The van der Waals surface area contributed by atoms with Gasteiger partial charge >= 0.3 is 0 Å². The molecule has 1 aromatic rings. The van der Waals surface area contributed by atoms with Crippen LogP contribution >= 0.6 is 0 Å². The lowest BCUT2D eigenvalue weighted by molar-refractivity contribution is -0.125. The number of allylic oxidation sites excluding steroid dienone is 4. The number of carbonyl (C=O) groups excluding carboxylic acids is 2. The molecule has 4 rings (SSSR count). The first-order valence-electron chi connectivity index (χ1n) is 9.79. The highest BCUT2D eigenvalue weighted by molar-refractivity contribution is 6.12. The normalized spacial score (nSPS) is 20.8. The highest BCUT2D eigenvalue weighted by Gasteiger charge is 2.40. The van der Waals surface area contributed by atoms with E-state index in [9.17, 15) is 14.7 Å². The van der Waals surface area contributed by atoms with Gasteiger partial charge in [-0.2, -0.15) is 0 Å². The van der Waals surface area contributed by atoms with Crippen LogP contribution in [0.15, 0.2) is 41.7 Å². The number of hydrogen-bond acceptors (Lipinski definition) is 4. The van der Waals surface area contributed by atoms with Gasteiger partial charge in [-0.1, -0.05) is 18.2 Å². The molecule has 146 valence electrons. The van der Waals surface area contributed by atoms with Crippen molar-refractivity contribution >= 4 is 17.4 Å². The molecule has 1 aromatic carbocycles. The minimum Gasteiger partial charge on any atom is -0.506 e. The highest BCUT2D eigenvalue weighted by atomic mass is 16.5. The number of ether oxygens (including phenoxy) is 1. The quantitative estimate of drug-likeness (QED) is 0.787. The molecule has 3 aliphatic rings. The molecule has 0 saturated carbocycles. The van der Waals surface area contributed by atoms with E-state index in [0.717, 1.165) is 24.8 Å². The van der Waals surface area contributed by atoms with Gasteiger partial charge in [0, 0.05) is 29.7 Å². The maximum absolute atomic E-state index is 13.1. The summed E-state index contributed by atoms with van der Waals surface area (Å²) in [7, 11) is 0. The number of aryl methyl sites for hydroxylation is 1. The lowest BCUT2D eigenvalue weighted by atomic mass is 9.90. The van der Waals surface area contributed by atoms with Crippen LogP contribution in [0.4, 0.5) is 0 Å². The first kappa shape index (κ1) is 18.5. The van der Waals surface area contributed by atoms with Crippen molar-refractivity contribution in [1.29, 1.82) is 0 Å². The van der Waals surface area contributed by atoms with Gasteiger partial charge in [-0.3, -0.25) is 9.59 Å². The van der Waals surface area contributed by atoms with Crippen LogP contribution in [0.25, 0.3) is 5.70 Å². The SMILES string of the molecule is Cc1cc2c(cc1C(=O)C1=CCCC=C1)C(N1CCCC1=O)=C(O)C(C)(C)O2. The molecule has 1 amide bonds. The molecule has 0 radical (unpaired) electrons. The zero-order chi connectivity index (χ0) is 20.1. The van der Waals surface area contributed by atoms with Crippen molar-refractivity contribution in [1.82, 2.24) is 4.90 Å². The number of Topliss-reactive ketones (excluding diaryl/α,β-unsaturated/α-hetero) is 1. The monoisotopic (exact) mass is 379 g/mol. The Morgan fingerprint density at radius 2 is 2.04 bits per heavy atom. The number of carbonyl (C=O) groups is 2. The molecule has 5 heteroatoms. The first-order valence-corrected chi connectivity index (χ1v) is 9.79. The summed E-state index contributed by atoms with van der Waals surface area (Å²) in [4.78, 5) is 27.1. The molecule has 0 bridgehead atoms. The van der Waals surface area contributed by atoms with Gasteiger partial charge in [0.1, 0.15) is 5.75 Å². The van der Waals surface area contributed by atoms with Crippen molar-refractivity contribution in [2.75, 3.05) is 6.54 Å². The van der Waals surface area contributed by atoms with E-state index in [0.29, 0.717) is 41.1 Å². The van der Waals surface area contributed by atoms with Crippen LogP contribution in [0.1, 0.15) is 61.0 Å². The second kappa shape index (κ2) is 6.66. The second-order valence-corrected chi connectivity index (χ2v) is 8.09. The van der Waals surface area contributed by atoms with E-state index in [2.05, 4.69) is 0 Å². The van der Waals surface area contributed by atoms with Gasteiger partial charge in [-0.15, -0.1) is 0 Å². The van der Waals surface area contributed by atoms with Crippen LogP contribution < -0.4 is 4.74 Å². The number of likely N-dealkylation sites (tertiary alicyclic amines) is 1. The fourth-order valence-electron chi connectivity index (χ4n) is 4.03. The number of hydrogen-bond donors (Lipinski definition) is 1. The molecule has 28 heavy (non-hydrogen) atoms. The number of nitrogens with zero attached hydrogens (tertiary/aromatic N) is 1. The molecule has 1 N–H and O–H groups in total. The fraction of sp³-hybridized carbons (Fsp3) is 0.391. The Labute approximate surface area is 165 Å². The fourth-order valence-corrected chi connectivity index (χ4v) is 4.03. The van der Waals surface area contributed by atoms with Gasteiger partial charge in [0.2, 0.25) is 5.91 Å². The van der Waals surface area contributed by atoms with Gasteiger partial charge in [0.15, 0.2) is 17.1 Å². The Hall–Kier alpha value is -2.82. The van der Waals surface area contributed by atoms with Gasteiger partial charge in [0.05, 0.1) is 5.70 Å². The third-order valence-electron chi connectivity index (χ3n) is 5.59. The van der Waals surface area contributed by atoms with Gasteiger partial charge in [0.25, 0.3) is 0 Å². The summed E-state index contributed by atoms with van der Waals surface area (Å²) in [5, 5.41) is 10.9. The van der Waals surface area contributed by atoms with E-state index >= 15 is 0 Å². The zero-order valence-corrected chi connectivity index (χ0v) is 16.5. The van der Waals surface area contributed by atoms with Crippen molar-refractivity contribution < 1.29 is 19.4 Å². The minimum absolute atomic E-state index is 0.0171. The van der Waals surface area contributed by atoms with Crippen molar-refractivity contribution in [2.24, 2.45) is 0 Å². The van der Waals surface area contributed by atoms with E-state index in [1.165, 1.54) is 0 Å². The summed E-state index contributed by atoms with van der Waals surface area (Å²) in [6.07, 6.45) is 8.84. The largest absolute Gasteiger partial charge is 0.506 e. The third-order valence-corrected chi connectivity index (χ3v) is 5.59. The highest BCUT2D eigenvalue weighted by Crippen LogP contribution is 2.44. The van der Waals surface area contributed by atoms with E-state index < -0.39 is 5.60 Å². The lowest BCUT2D eigenvalue weighted by Gasteiger charge is -2.36. The molecule has 2 heterocycles. The molecule has 2 aliphatic heterocycles. The standard InChI is InChI=1S/C23H25NO4/c1-14-12-18-17(13-16(14)21(26)15-8-5-4-6-9-15)20(22(27)23(2,3)28-18)24-11-7-10-19(24)25/h5,8-9,12-13,27H,4,6-7,10-11H2,1-3H3.